The van der Waals surface area contributed by atoms with E-state index in [4.69, 9.17) is 24.7 Å². The molecule has 0 aliphatic carbocycles. The lowest BCUT2D eigenvalue weighted by molar-refractivity contribution is 0.0875. The number of nitrogens with two attached hydrogens (primary N) is 1. The van der Waals surface area contributed by atoms with Crippen LogP contribution in [0.15, 0.2) is 42.5 Å². The molecular weight excluding hydrogens is 460 g/mol. The number of carbonyl (C=O) groups excluding carboxylic acids is 1. The summed E-state index contributed by atoms with van der Waals surface area (Å²) in [5, 5.41) is 13.4. The van der Waals surface area contributed by atoms with Crippen molar-refractivity contribution in [3.8, 4) is 17.2 Å². The number of nitrogens with one attached hydrogen (secondary N) is 1. The Balaban J connectivity index is 1.97. The van der Waals surface area contributed by atoms with E-state index in [-0.39, 0.29) is 18.4 Å². The van der Waals surface area contributed by atoms with Gasteiger partial charge in [0.15, 0.2) is 11.5 Å². The average Bonchev–Trinajstić information content (AvgIpc) is 2.89. The van der Waals surface area contributed by atoms with Crippen LogP contribution < -0.4 is 25.3 Å². The second kappa shape index (κ2) is 15.3. The molecule has 0 bridgehead atoms. The van der Waals surface area contributed by atoms with Gasteiger partial charge < -0.3 is 35.1 Å². The van der Waals surface area contributed by atoms with E-state index in [2.05, 4.69) is 19.2 Å². The summed E-state index contributed by atoms with van der Waals surface area (Å²) in [6, 6.07) is 12.4. The van der Waals surface area contributed by atoms with Crippen LogP contribution in [-0.4, -0.2) is 64.2 Å². The second-order valence-corrected chi connectivity index (χ2v) is 9.27. The number of amides is 1. The molecule has 1 amide bonds. The molecule has 3 atom stereocenters. The van der Waals surface area contributed by atoms with Crippen molar-refractivity contribution >= 4 is 5.91 Å². The third-order valence-electron chi connectivity index (χ3n) is 6.31. The first-order chi connectivity index (χ1) is 17.3. The van der Waals surface area contributed by atoms with E-state index in [1.807, 2.05) is 18.2 Å². The lowest BCUT2D eigenvalue weighted by Crippen LogP contribution is -2.45. The Morgan fingerprint density at radius 1 is 1.00 bits per heavy atom. The summed E-state index contributed by atoms with van der Waals surface area (Å²) in [6.07, 6.45) is 1.31. The predicted molar refractivity (Wildman–Crippen MR) is 141 cm³/mol. The number of hydrogen-bond donors (Lipinski definition) is 3. The van der Waals surface area contributed by atoms with Crippen LogP contribution in [0.1, 0.15) is 42.6 Å². The highest BCUT2D eigenvalue weighted by atomic mass is 16.5. The molecular formula is C28H42N2O6. The molecule has 0 heterocycles. The van der Waals surface area contributed by atoms with Crippen molar-refractivity contribution in [2.45, 2.75) is 45.3 Å². The zero-order valence-electron chi connectivity index (χ0n) is 22.2. The lowest BCUT2D eigenvalue weighted by atomic mass is 9.83. The van der Waals surface area contributed by atoms with Gasteiger partial charge in [-0.15, -0.1) is 0 Å². The van der Waals surface area contributed by atoms with Gasteiger partial charge in [-0.2, -0.15) is 0 Å². The summed E-state index contributed by atoms with van der Waals surface area (Å²) in [4.78, 5) is 12.5. The zero-order valence-corrected chi connectivity index (χ0v) is 22.2. The minimum Gasteiger partial charge on any atom is -0.496 e. The first-order valence-corrected chi connectivity index (χ1v) is 12.4. The normalized spacial score (nSPS) is 13.7. The summed E-state index contributed by atoms with van der Waals surface area (Å²) in [5.74, 6) is 2.15. The summed E-state index contributed by atoms with van der Waals surface area (Å²) in [7, 11) is 4.81. The van der Waals surface area contributed by atoms with E-state index in [0.717, 1.165) is 18.4 Å². The van der Waals surface area contributed by atoms with Gasteiger partial charge in [0, 0.05) is 32.7 Å². The molecule has 0 aliphatic rings. The van der Waals surface area contributed by atoms with Gasteiger partial charge in [-0.05, 0) is 54.5 Å². The number of aliphatic hydroxyl groups excluding tert-OH is 1. The summed E-state index contributed by atoms with van der Waals surface area (Å²) in [6.45, 7) is 5.54. The number of carbonyl (C=O) groups is 1. The van der Waals surface area contributed by atoms with Crippen LogP contribution in [0.5, 0.6) is 17.2 Å². The maximum absolute atomic E-state index is 12.5. The molecule has 2 aromatic carbocycles. The van der Waals surface area contributed by atoms with E-state index in [1.165, 1.54) is 7.11 Å². The number of benzene rings is 2. The summed E-state index contributed by atoms with van der Waals surface area (Å²) in [5.41, 5.74) is 7.91. The summed E-state index contributed by atoms with van der Waals surface area (Å²) < 4.78 is 21.7. The van der Waals surface area contributed by atoms with Crippen LogP contribution in [0, 0.1) is 11.8 Å². The van der Waals surface area contributed by atoms with Crippen molar-refractivity contribution in [2.75, 3.05) is 41.1 Å². The Hall–Kier alpha value is -2.81. The summed E-state index contributed by atoms with van der Waals surface area (Å²) >= 11 is 0. The van der Waals surface area contributed by atoms with Gasteiger partial charge in [0.05, 0.1) is 32.5 Å². The monoisotopic (exact) mass is 502 g/mol. The minimum absolute atomic E-state index is 0.0604. The van der Waals surface area contributed by atoms with Gasteiger partial charge in [-0.1, -0.05) is 32.0 Å². The average molecular weight is 503 g/mol. The third-order valence-corrected chi connectivity index (χ3v) is 6.31. The van der Waals surface area contributed by atoms with Gasteiger partial charge in [0.25, 0.3) is 5.91 Å². The van der Waals surface area contributed by atoms with E-state index >= 15 is 0 Å². The van der Waals surface area contributed by atoms with Gasteiger partial charge in [-0.25, -0.2) is 0 Å². The standard InChI is InChI=1S/C28H42N2O6/c1-19(2)21(15-20-11-12-26(35-5)27(16-20)36-14-8-13-33-3)17-23(29)24(31)18-30-28(32)22-9-6-7-10-25(22)34-4/h6-7,9-12,16,19,21,23-24,31H,8,13-15,17-18,29H2,1-5H3,(H,30,32). The second-order valence-electron chi connectivity index (χ2n) is 9.27. The quantitative estimate of drug-likeness (QED) is 0.302. The number of methoxy groups -OCH3 is 3. The molecule has 2 rings (SSSR count). The Morgan fingerprint density at radius 3 is 2.39 bits per heavy atom. The van der Waals surface area contributed by atoms with Crippen LogP contribution in [-0.2, 0) is 11.2 Å². The van der Waals surface area contributed by atoms with E-state index < -0.39 is 12.1 Å². The third kappa shape index (κ3) is 9.00. The predicted octanol–water partition coefficient (Wildman–Crippen LogP) is 3.44. The smallest absolute Gasteiger partial charge is 0.255 e. The molecule has 0 aliphatic heterocycles. The largest absolute Gasteiger partial charge is 0.496 e. The Bertz CT molecular complexity index is 936. The maximum atomic E-state index is 12.5. The molecule has 2 aromatic rings. The number of para-hydroxylation sites is 1. The molecule has 4 N–H and O–H groups in total. The van der Waals surface area contributed by atoms with Gasteiger partial charge >= 0.3 is 0 Å². The topological polar surface area (TPSA) is 112 Å². The zero-order chi connectivity index (χ0) is 26.5. The Morgan fingerprint density at radius 2 is 1.72 bits per heavy atom. The van der Waals surface area contributed by atoms with Crippen LogP contribution in [0.25, 0.3) is 0 Å². The van der Waals surface area contributed by atoms with Crippen molar-refractivity contribution < 1.29 is 28.8 Å². The van der Waals surface area contributed by atoms with E-state index in [0.29, 0.717) is 48.4 Å². The molecule has 0 saturated heterocycles. The number of aliphatic hydroxyl groups is 1. The molecule has 200 valence electrons. The first-order valence-electron chi connectivity index (χ1n) is 12.4. The van der Waals surface area contributed by atoms with E-state index in [9.17, 15) is 9.90 Å². The fraction of sp³-hybridized carbons (Fsp3) is 0.536. The SMILES string of the molecule is COCCCOc1cc(CC(CC(N)C(O)CNC(=O)c2ccccc2OC)C(C)C)ccc1OC. The van der Waals surface area contributed by atoms with Crippen LogP contribution in [0.2, 0.25) is 0 Å². The first kappa shape index (κ1) is 29.4. The van der Waals surface area contributed by atoms with Crippen LogP contribution in [0.3, 0.4) is 0 Å². The van der Waals surface area contributed by atoms with Crippen LogP contribution >= 0.6 is 0 Å². The molecule has 3 unspecified atom stereocenters. The molecule has 0 saturated carbocycles. The van der Waals surface area contributed by atoms with Crippen molar-refractivity contribution in [3.63, 3.8) is 0 Å². The molecule has 0 fully saturated rings. The highest BCUT2D eigenvalue weighted by Gasteiger charge is 2.24. The Kier molecular flexibility index (Phi) is 12.5. The van der Waals surface area contributed by atoms with Crippen molar-refractivity contribution in [3.05, 3.63) is 53.6 Å². The fourth-order valence-corrected chi connectivity index (χ4v) is 4.02. The molecule has 0 spiro atoms. The van der Waals surface area contributed by atoms with Gasteiger partial charge in [-0.3, -0.25) is 4.79 Å². The Labute approximate surface area is 215 Å². The van der Waals surface area contributed by atoms with E-state index in [1.54, 1.807) is 38.5 Å². The number of rotatable bonds is 16. The van der Waals surface area contributed by atoms with Crippen molar-refractivity contribution in [1.29, 1.82) is 0 Å². The van der Waals surface area contributed by atoms with Crippen LogP contribution in [0.4, 0.5) is 0 Å². The van der Waals surface area contributed by atoms with Crippen molar-refractivity contribution in [2.24, 2.45) is 17.6 Å². The fourth-order valence-electron chi connectivity index (χ4n) is 4.02. The van der Waals surface area contributed by atoms with Gasteiger partial charge in [0.2, 0.25) is 0 Å². The number of ether oxygens (including phenoxy) is 4. The van der Waals surface area contributed by atoms with Crippen molar-refractivity contribution in [1.82, 2.24) is 5.32 Å². The lowest BCUT2D eigenvalue weighted by Gasteiger charge is -2.27. The molecule has 8 nitrogen and oxygen atoms in total. The molecule has 36 heavy (non-hydrogen) atoms. The number of hydrogen-bond acceptors (Lipinski definition) is 7. The molecule has 8 heteroatoms. The minimum atomic E-state index is -0.875. The highest BCUT2D eigenvalue weighted by molar-refractivity contribution is 5.96. The molecule has 0 radical (unpaired) electrons. The van der Waals surface area contributed by atoms with Gasteiger partial charge in [0.1, 0.15) is 5.75 Å². The highest BCUT2D eigenvalue weighted by Crippen LogP contribution is 2.31. The maximum Gasteiger partial charge on any atom is 0.255 e. The molecule has 0 aromatic heterocycles.